The van der Waals surface area contributed by atoms with Crippen LogP contribution in [0, 0.1) is 28.1 Å². The molecule has 2 saturated carbocycles. The minimum Gasteiger partial charge on any atom is -0.455 e. The highest BCUT2D eigenvalue weighted by molar-refractivity contribution is 5.96. The van der Waals surface area contributed by atoms with Gasteiger partial charge in [0.15, 0.2) is 11.9 Å². The highest BCUT2D eigenvalue weighted by atomic mass is 16.6. The Morgan fingerprint density at radius 3 is 2.00 bits per heavy atom. The number of carbonyl (C=O) groups excluding carboxylic acids is 5. The number of benzene rings is 3. The number of ketones is 1. The molecule has 11 atom stereocenters. The molecular weight excluding hydrogens is 755 g/mol. The van der Waals surface area contributed by atoms with E-state index in [9.17, 15) is 29.4 Å². The van der Waals surface area contributed by atoms with Gasteiger partial charge in [0.25, 0.3) is 5.91 Å². The number of hydrogen-bond donors (Lipinski definition) is 3. The number of nitrogens with one attached hydrogen (secondary N) is 1. The molecule has 3 aromatic rings. The zero-order valence-corrected chi connectivity index (χ0v) is 34.5. The highest BCUT2D eigenvalue weighted by Crippen LogP contribution is 2.67. The van der Waals surface area contributed by atoms with Crippen LogP contribution in [0.2, 0.25) is 0 Å². The lowest BCUT2D eigenvalue weighted by atomic mass is 9.40. The van der Waals surface area contributed by atoms with Crippen LogP contribution >= 0.6 is 0 Å². The van der Waals surface area contributed by atoms with E-state index in [4.69, 9.17) is 18.9 Å². The van der Waals surface area contributed by atoms with Crippen molar-refractivity contribution in [2.24, 2.45) is 28.1 Å². The molecule has 3 N–H and O–H groups in total. The maximum absolute atomic E-state index is 15.2. The topological polar surface area (TPSA) is 175 Å². The number of aliphatic hydroxyl groups is 2. The smallest absolute Gasteiger partial charge is 0.350 e. The summed E-state index contributed by atoms with van der Waals surface area (Å²) in [5.41, 5.74) is -3.53. The molecular formula is C47H53NO11. The van der Waals surface area contributed by atoms with Gasteiger partial charge in [-0.3, -0.25) is 14.4 Å². The van der Waals surface area contributed by atoms with Crippen LogP contribution in [0.15, 0.2) is 102 Å². The van der Waals surface area contributed by atoms with E-state index in [1.807, 2.05) is 13.8 Å². The van der Waals surface area contributed by atoms with Crippen LogP contribution in [0.3, 0.4) is 0 Å². The predicted octanol–water partition coefficient (Wildman–Crippen LogP) is 5.72. The standard InChI is InChI=1S/C47H53NO11/c1-26-32(24-47(55)27(2)39-45(6)25-56-34(45)23-33(50)46(39,7)40(51)37(57-28(3)49)35(26)44(47,4)5)58-43(54)38(59-42(53)31-21-15-10-16-22-31)36(29-17-11-8-12-18-29)48-41(52)30-19-13-9-14-20-30/h8-22,27,32-34,36-39,50,55H,23-25H2,1-7H3,(H,48,52)/t27?,32-,33-,34+,36-,37+,38+,39?,45+,46+,47+/m0/s1. The van der Waals surface area contributed by atoms with Crippen LogP contribution in [-0.2, 0) is 33.3 Å². The average Bonchev–Trinajstić information content (AvgIpc) is 3.21. The van der Waals surface area contributed by atoms with E-state index in [0.717, 1.165) is 0 Å². The van der Waals surface area contributed by atoms with Crippen LogP contribution in [0.25, 0.3) is 0 Å². The summed E-state index contributed by atoms with van der Waals surface area (Å²) in [6, 6.07) is 23.8. The van der Waals surface area contributed by atoms with Gasteiger partial charge in [0.2, 0.25) is 6.10 Å². The molecule has 12 nitrogen and oxygen atoms in total. The van der Waals surface area contributed by atoms with Gasteiger partial charge in [0, 0.05) is 36.2 Å². The molecule has 0 spiro atoms. The molecule has 1 aliphatic heterocycles. The maximum Gasteiger partial charge on any atom is 0.350 e. The summed E-state index contributed by atoms with van der Waals surface area (Å²) in [6.45, 7) is 12.3. The van der Waals surface area contributed by atoms with Crippen LogP contribution in [0.4, 0.5) is 0 Å². The van der Waals surface area contributed by atoms with E-state index in [-0.39, 0.29) is 30.1 Å². The van der Waals surface area contributed by atoms with Crippen molar-refractivity contribution in [1.82, 2.24) is 5.32 Å². The van der Waals surface area contributed by atoms with E-state index >= 15 is 4.79 Å². The molecule has 0 radical (unpaired) electrons. The first-order valence-corrected chi connectivity index (χ1v) is 20.2. The Balaban J connectivity index is 1.35. The third kappa shape index (κ3) is 6.88. The Kier molecular flexibility index (Phi) is 11.0. The minimum absolute atomic E-state index is 0.154. The van der Waals surface area contributed by atoms with Gasteiger partial charge >= 0.3 is 17.9 Å². The van der Waals surface area contributed by atoms with E-state index in [1.165, 1.54) is 19.1 Å². The SMILES string of the molecule is CC(=O)O[C@H]1C(=O)[C@@]2(C)C(C(C)[C@]3(O)C[C@H](OC(=O)[C@H](OC(=O)c4ccccc4)[C@@H](NC(=O)c4ccccc4)c4ccccc4)C(C)=C1C3(C)C)[C@]1(C)CO[C@@H]1C[C@@H]2O. The number of amides is 1. The van der Waals surface area contributed by atoms with Crippen LogP contribution in [0.1, 0.15) is 93.6 Å². The maximum atomic E-state index is 15.2. The fourth-order valence-electron chi connectivity index (χ4n) is 10.8. The normalized spacial score (nSPS) is 33.0. The number of rotatable bonds is 9. The molecule has 1 saturated heterocycles. The second kappa shape index (κ2) is 15.5. The monoisotopic (exact) mass is 807 g/mol. The molecule has 7 rings (SSSR count). The molecule has 1 heterocycles. The molecule has 3 aliphatic carbocycles. The predicted molar refractivity (Wildman–Crippen MR) is 214 cm³/mol. The van der Waals surface area contributed by atoms with Crippen LogP contribution in [0.5, 0.6) is 0 Å². The molecule has 3 fully saturated rings. The Labute approximate surface area is 344 Å². The van der Waals surface area contributed by atoms with Crippen molar-refractivity contribution < 1.29 is 53.1 Å². The van der Waals surface area contributed by atoms with Gasteiger partial charge < -0.3 is 34.5 Å². The molecule has 0 aromatic heterocycles. The molecule has 59 heavy (non-hydrogen) atoms. The fraction of sp³-hybridized carbons (Fsp3) is 0.468. The third-order valence-electron chi connectivity index (χ3n) is 14.1. The summed E-state index contributed by atoms with van der Waals surface area (Å²) in [6.07, 6.45) is -6.01. The van der Waals surface area contributed by atoms with E-state index in [0.29, 0.717) is 23.3 Å². The molecule has 2 bridgehead atoms. The summed E-state index contributed by atoms with van der Waals surface area (Å²) < 4.78 is 24.3. The first-order chi connectivity index (χ1) is 27.9. The molecule has 3 aromatic carbocycles. The van der Waals surface area contributed by atoms with Gasteiger partial charge in [-0.05, 0) is 66.7 Å². The van der Waals surface area contributed by atoms with Crippen molar-refractivity contribution >= 4 is 29.6 Å². The van der Waals surface area contributed by atoms with E-state index in [1.54, 1.807) is 107 Å². The molecule has 1 amide bonds. The average molecular weight is 808 g/mol. The van der Waals surface area contributed by atoms with Crippen molar-refractivity contribution in [3.63, 3.8) is 0 Å². The summed E-state index contributed by atoms with van der Waals surface area (Å²) >= 11 is 0. The lowest BCUT2D eigenvalue weighted by Gasteiger charge is -2.68. The number of aliphatic hydroxyl groups excluding tert-OH is 1. The Morgan fingerprint density at radius 2 is 1.44 bits per heavy atom. The third-order valence-corrected chi connectivity index (χ3v) is 14.1. The zero-order chi connectivity index (χ0) is 42.7. The van der Waals surface area contributed by atoms with E-state index < -0.39 is 93.7 Å². The van der Waals surface area contributed by atoms with Gasteiger partial charge in [-0.25, -0.2) is 9.59 Å². The van der Waals surface area contributed by atoms with E-state index in [2.05, 4.69) is 5.32 Å². The van der Waals surface area contributed by atoms with Crippen molar-refractivity contribution in [2.75, 3.05) is 6.61 Å². The minimum atomic E-state index is -1.75. The quantitative estimate of drug-likeness (QED) is 0.137. The fourth-order valence-corrected chi connectivity index (χ4v) is 10.8. The number of fused-ring (bicyclic) bond motifs is 5. The summed E-state index contributed by atoms with van der Waals surface area (Å²) in [4.78, 5) is 70.5. The highest BCUT2D eigenvalue weighted by Gasteiger charge is 2.73. The first kappa shape index (κ1) is 42.0. The molecule has 4 aliphatic rings. The Bertz CT molecular complexity index is 2160. The van der Waals surface area contributed by atoms with Gasteiger partial charge in [-0.1, -0.05) is 94.4 Å². The zero-order valence-electron chi connectivity index (χ0n) is 34.5. The largest absolute Gasteiger partial charge is 0.455 e. The van der Waals surface area contributed by atoms with Gasteiger partial charge in [0.05, 0.1) is 35.4 Å². The van der Waals surface area contributed by atoms with Gasteiger partial charge in [0.1, 0.15) is 12.1 Å². The Morgan fingerprint density at radius 1 is 0.864 bits per heavy atom. The Hall–Kier alpha value is -5.17. The second-order valence-electron chi connectivity index (χ2n) is 17.7. The van der Waals surface area contributed by atoms with Crippen molar-refractivity contribution in [3.8, 4) is 0 Å². The van der Waals surface area contributed by atoms with Gasteiger partial charge in [-0.2, -0.15) is 0 Å². The number of ether oxygens (including phenoxy) is 4. The number of esters is 3. The second-order valence-corrected chi connectivity index (χ2v) is 17.7. The summed E-state index contributed by atoms with van der Waals surface area (Å²) in [5, 5.41) is 28.0. The molecule has 312 valence electrons. The van der Waals surface area contributed by atoms with Crippen LogP contribution in [-0.4, -0.2) is 82.5 Å². The first-order valence-electron chi connectivity index (χ1n) is 20.2. The number of carbonyl (C=O) groups is 5. The van der Waals surface area contributed by atoms with Crippen LogP contribution < -0.4 is 5.32 Å². The number of Topliss-reactive ketones (excluding diaryl/α,β-unsaturated/α-hetero) is 1. The molecule has 2 unspecified atom stereocenters. The lowest BCUT2D eigenvalue weighted by molar-refractivity contribution is -0.302. The number of hydrogen-bond acceptors (Lipinski definition) is 11. The molecule has 12 heteroatoms. The lowest BCUT2D eigenvalue weighted by Crippen LogP contribution is -2.75. The van der Waals surface area contributed by atoms with Gasteiger partial charge in [-0.15, -0.1) is 0 Å². The van der Waals surface area contributed by atoms with Crippen molar-refractivity contribution in [1.29, 1.82) is 0 Å². The van der Waals surface area contributed by atoms with Crippen molar-refractivity contribution in [2.45, 2.75) is 103 Å². The van der Waals surface area contributed by atoms with Crippen molar-refractivity contribution in [3.05, 3.63) is 119 Å². The summed E-state index contributed by atoms with van der Waals surface area (Å²) in [5.74, 6) is -5.02. The summed E-state index contributed by atoms with van der Waals surface area (Å²) in [7, 11) is 0.